The summed E-state index contributed by atoms with van der Waals surface area (Å²) in [5, 5.41) is 2.91. The molecule has 0 aromatic heterocycles. The SMILES string of the molecule is NCCCCCC(=O)Nc1ccc(OC2CCCC2)cc1. The molecule has 0 saturated heterocycles. The van der Waals surface area contributed by atoms with E-state index in [1.54, 1.807) is 0 Å². The summed E-state index contributed by atoms with van der Waals surface area (Å²) in [6.45, 7) is 0.698. The monoisotopic (exact) mass is 290 g/mol. The summed E-state index contributed by atoms with van der Waals surface area (Å²) in [4.78, 5) is 11.8. The van der Waals surface area contributed by atoms with Gasteiger partial charge in [-0.05, 0) is 69.3 Å². The van der Waals surface area contributed by atoms with Crippen molar-refractivity contribution in [2.75, 3.05) is 11.9 Å². The van der Waals surface area contributed by atoms with Crippen LogP contribution >= 0.6 is 0 Å². The Balaban J connectivity index is 1.72. The predicted octanol–water partition coefficient (Wildman–Crippen LogP) is 3.47. The van der Waals surface area contributed by atoms with Crippen molar-refractivity contribution < 1.29 is 9.53 Å². The molecule has 0 heterocycles. The molecule has 1 aliphatic carbocycles. The maximum atomic E-state index is 11.8. The Morgan fingerprint density at radius 1 is 1.14 bits per heavy atom. The molecule has 1 saturated carbocycles. The molecular weight excluding hydrogens is 264 g/mol. The molecule has 4 nitrogen and oxygen atoms in total. The van der Waals surface area contributed by atoms with Crippen molar-refractivity contribution >= 4 is 11.6 Å². The van der Waals surface area contributed by atoms with Gasteiger partial charge in [0.15, 0.2) is 0 Å². The molecule has 0 bridgehead atoms. The Morgan fingerprint density at radius 2 is 1.86 bits per heavy atom. The van der Waals surface area contributed by atoms with Gasteiger partial charge in [0.05, 0.1) is 6.10 Å². The number of unbranched alkanes of at least 4 members (excludes halogenated alkanes) is 2. The van der Waals surface area contributed by atoms with Gasteiger partial charge < -0.3 is 15.8 Å². The number of anilines is 1. The van der Waals surface area contributed by atoms with Crippen molar-refractivity contribution in [3.8, 4) is 5.75 Å². The number of nitrogens with two attached hydrogens (primary N) is 1. The molecule has 116 valence electrons. The van der Waals surface area contributed by atoms with Crippen LogP contribution in [-0.4, -0.2) is 18.6 Å². The van der Waals surface area contributed by atoms with Gasteiger partial charge in [0.2, 0.25) is 5.91 Å². The lowest BCUT2D eigenvalue weighted by Gasteiger charge is -2.13. The number of amides is 1. The van der Waals surface area contributed by atoms with E-state index < -0.39 is 0 Å². The highest BCUT2D eigenvalue weighted by molar-refractivity contribution is 5.90. The lowest BCUT2D eigenvalue weighted by atomic mass is 10.2. The summed E-state index contributed by atoms with van der Waals surface area (Å²) < 4.78 is 5.90. The van der Waals surface area contributed by atoms with Crippen molar-refractivity contribution in [3.63, 3.8) is 0 Å². The van der Waals surface area contributed by atoms with E-state index in [-0.39, 0.29) is 5.91 Å². The number of hydrogen-bond donors (Lipinski definition) is 2. The second-order valence-electron chi connectivity index (χ2n) is 5.70. The molecule has 1 amide bonds. The maximum Gasteiger partial charge on any atom is 0.224 e. The fourth-order valence-corrected chi connectivity index (χ4v) is 2.65. The minimum Gasteiger partial charge on any atom is -0.490 e. The van der Waals surface area contributed by atoms with Crippen molar-refractivity contribution in [2.24, 2.45) is 5.73 Å². The van der Waals surface area contributed by atoms with Crippen LogP contribution in [0.1, 0.15) is 51.4 Å². The summed E-state index contributed by atoms with van der Waals surface area (Å²) in [6.07, 6.45) is 8.66. The minimum atomic E-state index is 0.0662. The highest BCUT2D eigenvalue weighted by Gasteiger charge is 2.16. The van der Waals surface area contributed by atoms with Gasteiger partial charge in [0, 0.05) is 12.1 Å². The number of hydrogen-bond acceptors (Lipinski definition) is 3. The van der Waals surface area contributed by atoms with Crippen LogP contribution in [0.5, 0.6) is 5.75 Å². The lowest BCUT2D eigenvalue weighted by molar-refractivity contribution is -0.116. The zero-order chi connectivity index (χ0) is 14.9. The van der Waals surface area contributed by atoms with E-state index in [1.807, 2.05) is 24.3 Å². The fourth-order valence-electron chi connectivity index (χ4n) is 2.65. The molecule has 2 rings (SSSR count). The first-order valence-electron chi connectivity index (χ1n) is 8.04. The third-order valence-corrected chi connectivity index (χ3v) is 3.85. The Bertz CT molecular complexity index is 425. The van der Waals surface area contributed by atoms with Gasteiger partial charge in [-0.2, -0.15) is 0 Å². The van der Waals surface area contributed by atoms with Crippen molar-refractivity contribution in [2.45, 2.75) is 57.5 Å². The van der Waals surface area contributed by atoms with Gasteiger partial charge in [-0.1, -0.05) is 6.42 Å². The largest absolute Gasteiger partial charge is 0.490 e. The number of ether oxygens (including phenoxy) is 1. The Kier molecular flexibility index (Phi) is 6.54. The standard InChI is InChI=1S/C17H26N2O2/c18-13-5-1-2-8-17(20)19-14-9-11-16(12-10-14)21-15-6-3-4-7-15/h9-12,15H,1-8,13,18H2,(H,19,20). The topological polar surface area (TPSA) is 64.4 Å². The molecule has 1 aliphatic rings. The molecule has 3 N–H and O–H groups in total. The third-order valence-electron chi connectivity index (χ3n) is 3.85. The second-order valence-corrected chi connectivity index (χ2v) is 5.70. The average molecular weight is 290 g/mol. The summed E-state index contributed by atoms with van der Waals surface area (Å²) in [7, 11) is 0. The van der Waals surface area contributed by atoms with Crippen LogP contribution in [0, 0.1) is 0 Å². The van der Waals surface area contributed by atoms with Crippen LogP contribution in [0.3, 0.4) is 0 Å². The van der Waals surface area contributed by atoms with E-state index in [0.717, 1.165) is 43.5 Å². The Morgan fingerprint density at radius 3 is 2.52 bits per heavy atom. The lowest BCUT2D eigenvalue weighted by Crippen LogP contribution is -2.12. The quantitative estimate of drug-likeness (QED) is 0.721. The fraction of sp³-hybridized carbons (Fsp3) is 0.588. The molecule has 0 unspecified atom stereocenters. The van der Waals surface area contributed by atoms with Crippen LogP contribution in [0.15, 0.2) is 24.3 Å². The summed E-state index contributed by atoms with van der Waals surface area (Å²) in [6, 6.07) is 7.68. The zero-order valence-corrected chi connectivity index (χ0v) is 12.6. The Labute approximate surface area is 127 Å². The maximum absolute atomic E-state index is 11.8. The zero-order valence-electron chi connectivity index (χ0n) is 12.6. The molecule has 0 atom stereocenters. The summed E-state index contributed by atoms with van der Waals surface area (Å²) in [5.41, 5.74) is 6.26. The van der Waals surface area contributed by atoms with E-state index in [0.29, 0.717) is 19.1 Å². The number of carbonyl (C=O) groups is 1. The molecule has 0 spiro atoms. The third kappa shape index (κ3) is 5.76. The molecule has 1 fully saturated rings. The van der Waals surface area contributed by atoms with E-state index in [4.69, 9.17) is 10.5 Å². The Hall–Kier alpha value is -1.55. The second kappa shape index (κ2) is 8.67. The van der Waals surface area contributed by atoms with Crippen LogP contribution in [0.4, 0.5) is 5.69 Å². The minimum absolute atomic E-state index is 0.0662. The van der Waals surface area contributed by atoms with Gasteiger partial charge in [-0.25, -0.2) is 0 Å². The summed E-state index contributed by atoms with van der Waals surface area (Å²) in [5.74, 6) is 0.958. The number of carbonyl (C=O) groups excluding carboxylic acids is 1. The van der Waals surface area contributed by atoms with Gasteiger partial charge in [0.1, 0.15) is 5.75 Å². The number of nitrogens with one attached hydrogen (secondary N) is 1. The van der Waals surface area contributed by atoms with Gasteiger partial charge >= 0.3 is 0 Å². The van der Waals surface area contributed by atoms with Crippen LogP contribution in [0.2, 0.25) is 0 Å². The number of benzene rings is 1. The van der Waals surface area contributed by atoms with Gasteiger partial charge in [-0.3, -0.25) is 4.79 Å². The average Bonchev–Trinajstić information content (AvgIpc) is 2.99. The van der Waals surface area contributed by atoms with E-state index in [2.05, 4.69) is 5.32 Å². The van der Waals surface area contributed by atoms with Crippen molar-refractivity contribution in [1.82, 2.24) is 0 Å². The highest BCUT2D eigenvalue weighted by Crippen LogP contribution is 2.25. The van der Waals surface area contributed by atoms with Crippen molar-refractivity contribution in [1.29, 1.82) is 0 Å². The molecule has 1 aromatic rings. The molecule has 0 aliphatic heterocycles. The first-order valence-corrected chi connectivity index (χ1v) is 8.04. The molecule has 4 heteroatoms. The normalized spacial score (nSPS) is 15.1. The van der Waals surface area contributed by atoms with Gasteiger partial charge in [0.25, 0.3) is 0 Å². The van der Waals surface area contributed by atoms with E-state index in [1.165, 1.54) is 12.8 Å². The van der Waals surface area contributed by atoms with E-state index >= 15 is 0 Å². The highest BCUT2D eigenvalue weighted by atomic mass is 16.5. The molecular formula is C17H26N2O2. The molecule has 21 heavy (non-hydrogen) atoms. The smallest absolute Gasteiger partial charge is 0.224 e. The predicted molar refractivity (Wildman–Crippen MR) is 85.5 cm³/mol. The first kappa shape index (κ1) is 15.8. The number of rotatable bonds is 8. The van der Waals surface area contributed by atoms with Crippen LogP contribution in [-0.2, 0) is 4.79 Å². The molecule has 1 aromatic carbocycles. The van der Waals surface area contributed by atoms with Crippen LogP contribution < -0.4 is 15.8 Å². The summed E-state index contributed by atoms with van der Waals surface area (Å²) >= 11 is 0. The first-order chi connectivity index (χ1) is 10.3. The van der Waals surface area contributed by atoms with Crippen LogP contribution in [0.25, 0.3) is 0 Å². The van der Waals surface area contributed by atoms with E-state index in [9.17, 15) is 4.79 Å². The molecule has 0 radical (unpaired) electrons. The van der Waals surface area contributed by atoms with Gasteiger partial charge in [-0.15, -0.1) is 0 Å². The van der Waals surface area contributed by atoms with Crippen molar-refractivity contribution in [3.05, 3.63) is 24.3 Å².